The van der Waals surface area contributed by atoms with E-state index >= 15 is 0 Å². The van der Waals surface area contributed by atoms with Crippen molar-refractivity contribution in [1.82, 2.24) is 0 Å². The molecule has 24 heavy (non-hydrogen) atoms. The van der Waals surface area contributed by atoms with Crippen LogP contribution in [0.5, 0.6) is 0 Å². The van der Waals surface area contributed by atoms with E-state index in [0.29, 0.717) is 5.92 Å². The van der Waals surface area contributed by atoms with Crippen LogP contribution in [-0.4, -0.2) is 39.5 Å². The highest BCUT2D eigenvalue weighted by atomic mass is 16.7. The number of hydrogen-bond donors (Lipinski definition) is 0. The molecule has 128 valence electrons. The van der Waals surface area contributed by atoms with Crippen LogP contribution in [0.1, 0.15) is 24.7 Å². The zero-order valence-corrected chi connectivity index (χ0v) is 14.0. The first-order valence-corrected chi connectivity index (χ1v) is 9.17. The summed E-state index contributed by atoms with van der Waals surface area (Å²) in [7, 11) is 0. The number of morpholine rings is 1. The molecule has 2 saturated heterocycles. The minimum absolute atomic E-state index is 0.211. The Kier molecular flexibility index (Phi) is 3.65. The van der Waals surface area contributed by atoms with Gasteiger partial charge >= 0.3 is 0 Å². The third-order valence-electron chi connectivity index (χ3n) is 6.21. The van der Waals surface area contributed by atoms with Gasteiger partial charge in [-0.05, 0) is 36.8 Å². The average molecular weight is 327 g/mol. The molecule has 0 amide bonds. The van der Waals surface area contributed by atoms with Crippen LogP contribution in [0.15, 0.2) is 36.4 Å². The summed E-state index contributed by atoms with van der Waals surface area (Å²) < 4.78 is 17.7. The molecule has 0 unspecified atom stereocenters. The average Bonchev–Trinajstić information content (AvgIpc) is 3.25. The zero-order valence-electron chi connectivity index (χ0n) is 14.0. The number of allylic oxidation sites excluding steroid dienone is 2. The lowest BCUT2D eigenvalue weighted by Crippen LogP contribution is -2.41. The first kappa shape index (κ1) is 14.9. The molecule has 0 aromatic heterocycles. The van der Waals surface area contributed by atoms with Crippen molar-refractivity contribution in [3.05, 3.63) is 42.0 Å². The molecule has 2 heterocycles. The van der Waals surface area contributed by atoms with Gasteiger partial charge in [-0.1, -0.05) is 24.3 Å². The fourth-order valence-electron chi connectivity index (χ4n) is 4.81. The molecule has 1 aromatic rings. The molecule has 0 radical (unpaired) electrons. The maximum Gasteiger partial charge on any atom is 0.183 e. The maximum atomic E-state index is 6.15. The van der Waals surface area contributed by atoms with Crippen molar-refractivity contribution in [2.24, 2.45) is 17.3 Å². The van der Waals surface area contributed by atoms with Crippen molar-refractivity contribution in [2.75, 3.05) is 44.4 Å². The van der Waals surface area contributed by atoms with Gasteiger partial charge in [0.25, 0.3) is 0 Å². The molecule has 1 spiro atoms. The molecule has 4 heteroatoms. The smallest absolute Gasteiger partial charge is 0.183 e. The topological polar surface area (TPSA) is 30.9 Å². The molecular weight excluding hydrogens is 302 g/mol. The van der Waals surface area contributed by atoms with Gasteiger partial charge in [0.05, 0.1) is 26.4 Å². The van der Waals surface area contributed by atoms with E-state index in [9.17, 15) is 0 Å². The van der Waals surface area contributed by atoms with E-state index < -0.39 is 0 Å². The monoisotopic (exact) mass is 327 g/mol. The molecule has 1 aromatic carbocycles. The summed E-state index contributed by atoms with van der Waals surface area (Å²) in [5, 5.41) is 0. The minimum Gasteiger partial charge on any atom is -0.378 e. The second kappa shape index (κ2) is 5.87. The number of fused-ring (bicyclic) bond motifs is 3. The van der Waals surface area contributed by atoms with Crippen molar-refractivity contribution in [3.63, 3.8) is 0 Å². The van der Waals surface area contributed by atoms with Gasteiger partial charge in [0.15, 0.2) is 6.29 Å². The standard InChI is InChI=1S/C20H25NO3/c1-4-17-11-15(1)12-20(17)13-23-19(24-14-20)16-2-5-18(6-3-16)21-7-9-22-10-8-21/h1-6,15,17,19H,7-14H2/t15-,17-,19?,20?/m0/s1. The van der Waals surface area contributed by atoms with Gasteiger partial charge in [0.2, 0.25) is 0 Å². The number of benzene rings is 1. The van der Waals surface area contributed by atoms with E-state index in [1.807, 2.05) is 0 Å². The van der Waals surface area contributed by atoms with E-state index in [0.717, 1.165) is 51.0 Å². The second-order valence-electron chi connectivity index (χ2n) is 7.70. The van der Waals surface area contributed by atoms with Gasteiger partial charge in [-0.15, -0.1) is 0 Å². The first-order valence-electron chi connectivity index (χ1n) is 9.17. The SMILES string of the molecule is C1=C[C@H]2C[C@H]1CC21COC(c2ccc(N3CCOCC3)cc2)OC1. The van der Waals surface area contributed by atoms with Crippen LogP contribution < -0.4 is 4.90 Å². The van der Waals surface area contributed by atoms with Gasteiger partial charge < -0.3 is 19.1 Å². The van der Waals surface area contributed by atoms with Gasteiger partial charge in [-0.25, -0.2) is 0 Å². The Hall–Kier alpha value is -1.36. The first-order chi connectivity index (χ1) is 11.8. The van der Waals surface area contributed by atoms with Crippen LogP contribution >= 0.6 is 0 Å². The van der Waals surface area contributed by atoms with Gasteiger partial charge in [-0.3, -0.25) is 0 Å². The summed E-state index contributed by atoms with van der Waals surface area (Å²) in [5.74, 6) is 1.42. The van der Waals surface area contributed by atoms with E-state index in [-0.39, 0.29) is 11.7 Å². The Morgan fingerprint density at radius 3 is 2.33 bits per heavy atom. The van der Waals surface area contributed by atoms with Crippen molar-refractivity contribution in [3.8, 4) is 0 Å². The molecular formula is C20H25NO3. The van der Waals surface area contributed by atoms with Crippen molar-refractivity contribution >= 4 is 5.69 Å². The Morgan fingerprint density at radius 2 is 1.71 bits per heavy atom. The van der Waals surface area contributed by atoms with Gasteiger partial charge in [0.1, 0.15) is 0 Å². The summed E-state index contributed by atoms with van der Waals surface area (Å²) in [6.07, 6.45) is 7.09. The van der Waals surface area contributed by atoms with E-state index in [1.54, 1.807) is 0 Å². The molecule has 3 fully saturated rings. The summed E-state index contributed by atoms with van der Waals surface area (Å²) in [6, 6.07) is 8.65. The van der Waals surface area contributed by atoms with Crippen LogP contribution in [0, 0.1) is 17.3 Å². The highest BCUT2D eigenvalue weighted by Crippen LogP contribution is 2.54. The highest BCUT2D eigenvalue weighted by molar-refractivity contribution is 5.48. The van der Waals surface area contributed by atoms with Crippen LogP contribution in [0.4, 0.5) is 5.69 Å². The molecule has 4 nitrogen and oxygen atoms in total. The van der Waals surface area contributed by atoms with Crippen molar-refractivity contribution in [1.29, 1.82) is 0 Å². The van der Waals surface area contributed by atoms with Crippen LogP contribution in [0.3, 0.4) is 0 Å². The fourth-order valence-corrected chi connectivity index (χ4v) is 4.81. The van der Waals surface area contributed by atoms with Crippen molar-refractivity contribution in [2.45, 2.75) is 19.1 Å². The molecule has 2 aliphatic heterocycles. The second-order valence-corrected chi connectivity index (χ2v) is 7.70. The Bertz CT molecular complexity index is 612. The Labute approximate surface area is 143 Å². The highest BCUT2D eigenvalue weighted by Gasteiger charge is 2.51. The van der Waals surface area contributed by atoms with E-state index in [2.05, 4.69) is 41.3 Å². The summed E-state index contributed by atoms with van der Waals surface area (Å²) >= 11 is 0. The molecule has 5 rings (SSSR count). The largest absolute Gasteiger partial charge is 0.378 e. The van der Waals surface area contributed by atoms with Gasteiger partial charge in [-0.2, -0.15) is 0 Å². The fraction of sp³-hybridized carbons (Fsp3) is 0.600. The third-order valence-corrected chi connectivity index (χ3v) is 6.21. The Morgan fingerprint density at radius 1 is 0.958 bits per heavy atom. The summed E-state index contributed by atoms with van der Waals surface area (Å²) in [6.45, 7) is 5.22. The molecule has 0 N–H and O–H groups in total. The summed E-state index contributed by atoms with van der Waals surface area (Å²) in [5.41, 5.74) is 2.62. The maximum absolute atomic E-state index is 6.15. The molecule has 4 aliphatic rings. The predicted molar refractivity (Wildman–Crippen MR) is 91.9 cm³/mol. The van der Waals surface area contributed by atoms with Crippen LogP contribution in [0.2, 0.25) is 0 Å². The Balaban J connectivity index is 1.24. The lowest BCUT2D eigenvalue weighted by atomic mass is 9.76. The molecule has 1 saturated carbocycles. The number of ether oxygens (including phenoxy) is 3. The lowest BCUT2D eigenvalue weighted by Gasteiger charge is -2.41. The van der Waals surface area contributed by atoms with E-state index in [4.69, 9.17) is 14.2 Å². The summed E-state index contributed by atoms with van der Waals surface area (Å²) in [4.78, 5) is 2.37. The molecule has 2 aliphatic carbocycles. The van der Waals surface area contributed by atoms with E-state index in [1.165, 1.54) is 18.5 Å². The van der Waals surface area contributed by atoms with Gasteiger partial charge in [0, 0.05) is 29.8 Å². The zero-order chi connectivity index (χ0) is 16.0. The lowest BCUT2D eigenvalue weighted by molar-refractivity contribution is -0.239. The number of anilines is 1. The number of hydrogen-bond acceptors (Lipinski definition) is 4. The molecule has 2 bridgehead atoms. The third kappa shape index (κ3) is 2.48. The normalized spacial score (nSPS) is 38.2. The minimum atomic E-state index is -0.211. The van der Waals surface area contributed by atoms with Crippen LogP contribution in [-0.2, 0) is 14.2 Å². The predicted octanol–water partition coefficient (Wildman–Crippen LogP) is 3.15. The number of rotatable bonds is 2. The molecule has 2 atom stereocenters. The van der Waals surface area contributed by atoms with Crippen molar-refractivity contribution < 1.29 is 14.2 Å². The van der Waals surface area contributed by atoms with Crippen LogP contribution in [0.25, 0.3) is 0 Å². The number of nitrogens with zero attached hydrogens (tertiary/aromatic N) is 1. The quantitative estimate of drug-likeness (QED) is 0.781.